The van der Waals surface area contributed by atoms with Crippen molar-refractivity contribution in [2.45, 2.75) is 53.1 Å². The molecule has 2 aromatic carbocycles. The highest BCUT2D eigenvalue weighted by molar-refractivity contribution is 6.04. The zero-order valence-corrected chi connectivity index (χ0v) is 22.3. The Morgan fingerprint density at radius 3 is 2.47 bits per heavy atom. The molecular weight excluding hydrogens is 488 g/mol. The maximum atomic E-state index is 13.4. The lowest BCUT2D eigenvalue weighted by molar-refractivity contribution is -0.384. The molecule has 0 unspecified atom stereocenters. The largest absolute Gasteiger partial charge is 0.493 e. The smallest absolute Gasteiger partial charge is 0.336 e. The first-order valence-electron chi connectivity index (χ1n) is 12.5. The lowest BCUT2D eigenvalue weighted by Gasteiger charge is -2.39. The van der Waals surface area contributed by atoms with Gasteiger partial charge < -0.3 is 19.5 Å². The highest BCUT2D eigenvalue weighted by Crippen LogP contribution is 2.48. The van der Waals surface area contributed by atoms with E-state index in [9.17, 15) is 19.7 Å². The maximum Gasteiger partial charge on any atom is 0.336 e. The minimum atomic E-state index is -0.605. The Kier molecular flexibility index (Phi) is 7.57. The molecule has 1 atom stereocenters. The van der Waals surface area contributed by atoms with E-state index in [-0.39, 0.29) is 30.1 Å². The van der Waals surface area contributed by atoms with E-state index in [0.29, 0.717) is 46.7 Å². The summed E-state index contributed by atoms with van der Waals surface area (Å²) in [5.41, 5.74) is 3.77. The van der Waals surface area contributed by atoms with Gasteiger partial charge in [0, 0.05) is 41.4 Å². The predicted octanol–water partition coefficient (Wildman–Crippen LogP) is 5.35. The number of dihydropyridines is 1. The molecular formula is C29H32N2O7. The molecule has 0 spiro atoms. The van der Waals surface area contributed by atoms with Gasteiger partial charge in [-0.2, -0.15) is 0 Å². The van der Waals surface area contributed by atoms with Crippen LogP contribution in [0.4, 0.5) is 5.69 Å². The number of esters is 1. The third-order valence-electron chi connectivity index (χ3n) is 6.80. The van der Waals surface area contributed by atoms with Crippen LogP contribution in [0.5, 0.6) is 11.5 Å². The molecule has 0 fully saturated rings. The van der Waals surface area contributed by atoms with E-state index in [2.05, 4.69) is 19.2 Å². The first-order chi connectivity index (χ1) is 18.0. The normalized spacial score (nSPS) is 18.4. The van der Waals surface area contributed by atoms with Crippen LogP contribution in [0.15, 0.2) is 65.0 Å². The molecule has 0 bridgehead atoms. The van der Waals surface area contributed by atoms with Crippen molar-refractivity contribution < 1.29 is 28.7 Å². The lowest BCUT2D eigenvalue weighted by atomic mass is 9.68. The van der Waals surface area contributed by atoms with E-state index in [0.717, 1.165) is 11.3 Å². The second-order valence-corrected chi connectivity index (χ2v) is 10.3. The van der Waals surface area contributed by atoms with Crippen molar-refractivity contribution >= 4 is 17.4 Å². The number of Topliss-reactive ketones (excluding diaryl/α,β-unsaturated/α-hetero) is 1. The average molecular weight is 521 g/mol. The van der Waals surface area contributed by atoms with Crippen molar-refractivity contribution in [3.05, 3.63) is 86.2 Å². The lowest BCUT2D eigenvalue weighted by Crippen LogP contribution is -2.38. The van der Waals surface area contributed by atoms with Gasteiger partial charge in [0.2, 0.25) is 0 Å². The Bertz CT molecular complexity index is 1340. The summed E-state index contributed by atoms with van der Waals surface area (Å²) in [6.45, 7) is 8.09. The first kappa shape index (κ1) is 26.9. The topological polar surface area (TPSA) is 117 Å². The number of allylic oxidation sites excluding steroid dienone is 3. The number of benzene rings is 2. The third kappa shape index (κ3) is 5.41. The zero-order chi connectivity index (χ0) is 27.6. The zero-order valence-electron chi connectivity index (χ0n) is 22.3. The molecule has 0 saturated heterocycles. The second-order valence-electron chi connectivity index (χ2n) is 10.3. The fourth-order valence-corrected chi connectivity index (χ4v) is 5.11. The molecule has 4 rings (SSSR count). The summed E-state index contributed by atoms with van der Waals surface area (Å²) in [4.78, 5) is 37.0. The van der Waals surface area contributed by atoms with Gasteiger partial charge in [0.25, 0.3) is 5.69 Å². The first-order valence-corrected chi connectivity index (χ1v) is 12.5. The number of rotatable bonds is 8. The van der Waals surface area contributed by atoms with Crippen LogP contribution in [0, 0.1) is 15.5 Å². The minimum Gasteiger partial charge on any atom is -0.493 e. The number of carbonyl (C=O) groups is 2. The van der Waals surface area contributed by atoms with Crippen LogP contribution >= 0.6 is 0 Å². The number of methoxy groups -OCH3 is 1. The molecule has 1 aliphatic heterocycles. The summed E-state index contributed by atoms with van der Waals surface area (Å²) in [5.74, 6) is -0.169. The van der Waals surface area contributed by atoms with E-state index in [1.165, 1.54) is 19.2 Å². The highest BCUT2D eigenvalue weighted by atomic mass is 16.6. The Labute approximate surface area is 221 Å². The summed E-state index contributed by atoms with van der Waals surface area (Å²) >= 11 is 0. The van der Waals surface area contributed by atoms with Gasteiger partial charge >= 0.3 is 5.97 Å². The number of ether oxygens (including phenoxy) is 3. The quantitative estimate of drug-likeness (QED) is 0.281. The molecule has 9 nitrogen and oxygen atoms in total. The third-order valence-corrected chi connectivity index (χ3v) is 6.80. The maximum absolute atomic E-state index is 13.4. The average Bonchev–Trinajstić information content (AvgIpc) is 2.86. The molecule has 2 aliphatic rings. The number of nitrogens with zero attached hydrogens (tertiary/aromatic N) is 1. The SMILES string of the molecule is CCOC(=O)C1=C(C)NC2=C(C(=O)CC(C)(C)C2)[C@@H]1c1ccc(OCc2ccc([N+](=O)[O-])cc2)c(OC)c1. The molecule has 200 valence electrons. The monoisotopic (exact) mass is 520 g/mol. The van der Waals surface area contributed by atoms with Crippen LogP contribution < -0.4 is 14.8 Å². The Morgan fingerprint density at radius 2 is 1.84 bits per heavy atom. The predicted molar refractivity (Wildman–Crippen MR) is 141 cm³/mol. The summed E-state index contributed by atoms with van der Waals surface area (Å²) in [6, 6.07) is 11.5. The van der Waals surface area contributed by atoms with Crippen molar-refractivity contribution in [2.75, 3.05) is 13.7 Å². The van der Waals surface area contributed by atoms with E-state index < -0.39 is 16.8 Å². The summed E-state index contributed by atoms with van der Waals surface area (Å²) < 4.78 is 17.0. The molecule has 0 aromatic heterocycles. The molecule has 0 amide bonds. The van der Waals surface area contributed by atoms with Crippen LogP contribution in [-0.2, 0) is 20.9 Å². The van der Waals surface area contributed by atoms with Crippen molar-refractivity contribution in [2.24, 2.45) is 5.41 Å². The number of nitrogens with one attached hydrogen (secondary N) is 1. The fourth-order valence-electron chi connectivity index (χ4n) is 5.11. The van der Waals surface area contributed by atoms with E-state index >= 15 is 0 Å². The van der Waals surface area contributed by atoms with Crippen LogP contribution in [0.1, 0.15) is 57.6 Å². The Balaban J connectivity index is 1.70. The van der Waals surface area contributed by atoms with E-state index in [1.807, 2.05) is 13.0 Å². The van der Waals surface area contributed by atoms with Crippen molar-refractivity contribution in [3.63, 3.8) is 0 Å². The van der Waals surface area contributed by atoms with E-state index in [1.54, 1.807) is 31.2 Å². The van der Waals surface area contributed by atoms with Crippen LogP contribution in [0.3, 0.4) is 0 Å². The molecule has 1 N–H and O–H groups in total. The standard InChI is InChI=1S/C29H32N2O7/c1-6-37-28(33)25-17(2)30-21-14-29(3,4)15-22(32)27(21)26(25)19-9-12-23(24(13-19)36-5)38-16-18-7-10-20(11-8-18)31(34)35/h7-13,26,30H,6,14-16H2,1-5H3/t26-/m1/s1. The fraction of sp³-hybridized carbons (Fsp3) is 0.379. The molecule has 9 heteroatoms. The van der Waals surface area contributed by atoms with Crippen LogP contribution in [0.25, 0.3) is 0 Å². The molecule has 38 heavy (non-hydrogen) atoms. The molecule has 1 heterocycles. The van der Waals surface area contributed by atoms with Gasteiger partial charge in [0.05, 0.1) is 24.2 Å². The summed E-state index contributed by atoms with van der Waals surface area (Å²) in [6.07, 6.45) is 1.07. The van der Waals surface area contributed by atoms with Crippen molar-refractivity contribution in [3.8, 4) is 11.5 Å². The summed E-state index contributed by atoms with van der Waals surface area (Å²) in [7, 11) is 1.52. The highest BCUT2D eigenvalue weighted by Gasteiger charge is 2.43. The summed E-state index contributed by atoms with van der Waals surface area (Å²) in [5, 5.41) is 14.2. The Morgan fingerprint density at radius 1 is 1.13 bits per heavy atom. The minimum absolute atomic E-state index is 0.000475. The van der Waals surface area contributed by atoms with Gasteiger partial charge in [-0.25, -0.2) is 4.79 Å². The van der Waals surface area contributed by atoms with Crippen LogP contribution in [-0.4, -0.2) is 30.4 Å². The number of nitro benzene ring substituents is 1. The van der Waals surface area contributed by atoms with Gasteiger partial charge in [-0.3, -0.25) is 14.9 Å². The van der Waals surface area contributed by atoms with Crippen molar-refractivity contribution in [1.29, 1.82) is 0 Å². The van der Waals surface area contributed by atoms with Gasteiger partial charge in [-0.1, -0.05) is 19.9 Å². The van der Waals surface area contributed by atoms with Crippen LogP contribution in [0.2, 0.25) is 0 Å². The Hall–Kier alpha value is -4.14. The molecule has 2 aromatic rings. The van der Waals surface area contributed by atoms with Gasteiger partial charge in [-0.05, 0) is 61.1 Å². The molecule has 0 saturated carbocycles. The second kappa shape index (κ2) is 10.7. The number of ketones is 1. The number of hydrogen-bond donors (Lipinski definition) is 1. The van der Waals surface area contributed by atoms with Gasteiger partial charge in [0.1, 0.15) is 6.61 Å². The number of carbonyl (C=O) groups excluding carboxylic acids is 2. The number of hydrogen-bond acceptors (Lipinski definition) is 8. The van der Waals surface area contributed by atoms with E-state index in [4.69, 9.17) is 14.2 Å². The molecule has 0 radical (unpaired) electrons. The van der Waals surface area contributed by atoms with Gasteiger partial charge in [0.15, 0.2) is 17.3 Å². The number of nitro groups is 1. The van der Waals surface area contributed by atoms with Gasteiger partial charge in [-0.15, -0.1) is 0 Å². The number of non-ortho nitro benzene ring substituents is 1. The molecule has 1 aliphatic carbocycles. The van der Waals surface area contributed by atoms with Crippen molar-refractivity contribution in [1.82, 2.24) is 5.32 Å².